The molecule has 1 aromatic rings. The average Bonchev–Trinajstić information content (AvgIpc) is 3.41. The molecule has 1 aromatic heterocycles. The van der Waals surface area contributed by atoms with Crippen molar-refractivity contribution in [3.8, 4) is 5.88 Å². The lowest BCUT2D eigenvalue weighted by Gasteiger charge is -2.54. The Hall–Kier alpha value is -2.23. The standard InChI is InChI=1S/C25H37N3O6.C6H14S/c1-4-16(23(30)31)5-6-26-24(32)25(2,3)13-33-20-12-19(34-28-20)22(29)27-21-17-8-14-7-15(10-17)11-18(21)9-14;1-2-3-4-5-6-7/h12,14-18,21H,4-11,13H2,1-3H3,(H,26,32)(H,27,29)(H,30,31);7H,2-6H2,1H3. The zero-order chi connectivity index (χ0) is 30.0. The Morgan fingerprint density at radius 3 is 2.32 bits per heavy atom. The van der Waals surface area contributed by atoms with E-state index >= 15 is 0 Å². The maximum absolute atomic E-state index is 12.8. The molecule has 232 valence electrons. The molecule has 10 heteroatoms. The van der Waals surface area contributed by atoms with Gasteiger partial charge in [-0.25, -0.2) is 0 Å². The fraction of sp³-hybridized carbons (Fsp3) is 0.806. The van der Waals surface area contributed by atoms with E-state index in [-0.39, 0.29) is 42.6 Å². The number of carboxylic acid groups (broad SMARTS) is 1. The van der Waals surface area contributed by atoms with Crippen LogP contribution in [0.25, 0.3) is 0 Å². The molecule has 0 aromatic carbocycles. The summed E-state index contributed by atoms with van der Waals surface area (Å²) in [6.45, 7) is 7.82. The van der Waals surface area contributed by atoms with Gasteiger partial charge in [-0.3, -0.25) is 14.4 Å². The van der Waals surface area contributed by atoms with Crippen LogP contribution in [0.5, 0.6) is 5.88 Å². The third kappa shape index (κ3) is 9.65. The molecule has 4 fully saturated rings. The van der Waals surface area contributed by atoms with Crippen LogP contribution in [-0.2, 0) is 9.59 Å². The van der Waals surface area contributed by atoms with Crippen LogP contribution in [0.2, 0.25) is 0 Å². The third-order valence-electron chi connectivity index (χ3n) is 9.06. The Kier molecular flexibility index (Phi) is 12.9. The van der Waals surface area contributed by atoms with Crippen molar-refractivity contribution >= 4 is 30.4 Å². The predicted molar refractivity (Wildman–Crippen MR) is 161 cm³/mol. The summed E-state index contributed by atoms with van der Waals surface area (Å²) < 4.78 is 10.9. The first-order valence-corrected chi connectivity index (χ1v) is 16.2. The summed E-state index contributed by atoms with van der Waals surface area (Å²) in [5, 5.41) is 18.9. The van der Waals surface area contributed by atoms with Crippen LogP contribution in [0.15, 0.2) is 10.6 Å². The zero-order valence-electron chi connectivity index (χ0n) is 25.3. The summed E-state index contributed by atoms with van der Waals surface area (Å²) in [4.78, 5) is 36.4. The van der Waals surface area contributed by atoms with E-state index in [0.717, 1.165) is 17.6 Å². The minimum absolute atomic E-state index is 0.0398. The Balaban J connectivity index is 0.000000587. The summed E-state index contributed by atoms with van der Waals surface area (Å²) in [6, 6.07) is 1.68. The Bertz CT molecular complexity index is 964. The van der Waals surface area contributed by atoms with Gasteiger partial charge in [-0.15, -0.1) is 0 Å². The first-order valence-electron chi connectivity index (χ1n) is 15.6. The van der Waals surface area contributed by atoms with Gasteiger partial charge >= 0.3 is 5.97 Å². The number of amides is 2. The monoisotopic (exact) mass is 593 g/mol. The minimum Gasteiger partial charge on any atom is -0.481 e. The number of hydrogen-bond donors (Lipinski definition) is 4. The van der Waals surface area contributed by atoms with Crippen molar-refractivity contribution in [2.75, 3.05) is 18.9 Å². The number of hydrogen-bond acceptors (Lipinski definition) is 7. The number of aliphatic carboxylic acids is 1. The van der Waals surface area contributed by atoms with Crippen molar-refractivity contribution in [3.05, 3.63) is 11.8 Å². The molecular formula is C31H51N3O6S. The molecule has 4 aliphatic rings. The van der Waals surface area contributed by atoms with E-state index in [9.17, 15) is 14.4 Å². The van der Waals surface area contributed by atoms with Gasteiger partial charge in [-0.2, -0.15) is 12.6 Å². The van der Waals surface area contributed by atoms with Gasteiger partial charge in [0.1, 0.15) is 6.61 Å². The maximum atomic E-state index is 12.8. The second-order valence-electron chi connectivity index (χ2n) is 12.9. The summed E-state index contributed by atoms with van der Waals surface area (Å²) in [5.74, 6) is 2.32. The summed E-state index contributed by atoms with van der Waals surface area (Å²) >= 11 is 4.09. The van der Waals surface area contributed by atoms with E-state index < -0.39 is 17.3 Å². The Morgan fingerprint density at radius 2 is 1.76 bits per heavy atom. The van der Waals surface area contributed by atoms with E-state index in [4.69, 9.17) is 14.4 Å². The number of nitrogens with one attached hydrogen (secondary N) is 2. The molecule has 1 atom stereocenters. The number of rotatable bonds is 15. The van der Waals surface area contributed by atoms with Crippen molar-refractivity contribution in [3.63, 3.8) is 0 Å². The highest BCUT2D eigenvalue weighted by Gasteiger charge is 2.48. The van der Waals surface area contributed by atoms with Crippen molar-refractivity contribution in [2.45, 2.75) is 104 Å². The fourth-order valence-corrected chi connectivity index (χ4v) is 7.00. The summed E-state index contributed by atoms with van der Waals surface area (Å²) in [5.41, 5.74) is -0.868. The molecule has 41 heavy (non-hydrogen) atoms. The van der Waals surface area contributed by atoms with Crippen LogP contribution >= 0.6 is 12.6 Å². The van der Waals surface area contributed by atoms with Crippen LogP contribution in [0.1, 0.15) is 109 Å². The number of aromatic nitrogens is 1. The zero-order valence-corrected chi connectivity index (χ0v) is 26.2. The molecule has 4 saturated carbocycles. The fourth-order valence-electron chi connectivity index (χ4n) is 6.78. The lowest BCUT2D eigenvalue weighted by molar-refractivity contribution is -0.142. The lowest BCUT2D eigenvalue weighted by Crippen LogP contribution is -2.55. The number of carboxylic acids is 1. The van der Waals surface area contributed by atoms with Crippen LogP contribution in [-0.4, -0.2) is 53.0 Å². The first kappa shape index (κ1) is 33.3. The minimum atomic E-state index is -0.868. The predicted octanol–water partition coefficient (Wildman–Crippen LogP) is 5.75. The van der Waals surface area contributed by atoms with E-state index in [0.29, 0.717) is 24.7 Å². The van der Waals surface area contributed by atoms with Gasteiger partial charge in [-0.1, -0.05) is 33.1 Å². The van der Waals surface area contributed by atoms with Gasteiger partial charge in [-0.05, 0) is 99.8 Å². The Labute approximate surface area is 250 Å². The summed E-state index contributed by atoms with van der Waals surface area (Å²) in [6.07, 6.45) is 12.5. The van der Waals surface area contributed by atoms with Crippen LogP contribution in [0.4, 0.5) is 0 Å². The van der Waals surface area contributed by atoms with E-state index in [1.165, 1.54) is 63.9 Å². The molecule has 4 bridgehead atoms. The molecule has 0 spiro atoms. The number of nitrogens with zero attached hydrogens (tertiary/aromatic N) is 1. The highest BCUT2D eigenvalue weighted by Crippen LogP contribution is 2.53. The maximum Gasteiger partial charge on any atom is 0.306 e. The van der Waals surface area contributed by atoms with Crippen molar-refractivity contribution in [1.29, 1.82) is 0 Å². The van der Waals surface area contributed by atoms with Crippen LogP contribution in [0.3, 0.4) is 0 Å². The molecule has 0 saturated heterocycles. The van der Waals surface area contributed by atoms with Gasteiger partial charge in [0.25, 0.3) is 11.8 Å². The SMILES string of the molecule is CCC(CCNC(=O)C(C)(C)COc1cc(C(=O)NC2C3CC4CC(C3)CC2C4)on1)C(=O)O.CCCCCCS. The number of thiol groups is 1. The number of unbranched alkanes of at least 4 members (excludes halogenated alkanes) is 3. The largest absolute Gasteiger partial charge is 0.481 e. The molecule has 9 nitrogen and oxygen atoms in total. The number of ether oxygens (including phenoxy) is 1. The second kappa shape index (κ2) is 15.8. The second-order valence-corrected chi connectivity index (χ2v) is 13.4. The van der Waals surface area contributed by atoms with Crippen molar-refractivity contribution in [2.24, 2.45) is 35.0 Å². The lowest BCUT2D eigenvalue weighted by atomic mass is 9.54. The van der Waals surface area contributed by atoms with Crippen molar-refractivity contribution in [1.82, 2.24) is 15.8 Å². The average molecular weight is 594 g/mol. The van der Waals surface area contributed by atoms with Crippen LogP contribution in [0, 0.1) is 35.0 Å². The normalized spacial score (nSPS) is 25.1. The molecule has 5 rings (SSSR count). The molecule has 2 amide bonds. The third-order valence-corrected chi connectivity index (χ3v) is 9.38. The van der Waals surface area contributed by atoms with Gasteiger partial charge in [0.15, 0.2) is 0 Å². The molecular weight excluding hydrogens is 542 g/mol. The topological polar surface area (TPSA) is 131 Å². The van der Waals surface area contributed by atoms with Crippen molar-refractivity contribution < 1.29 is 28.8 Å². The Morgan fingerprint density at radius 1 is 1.10 bits per heavy atom. The molecule has 4 aliphatic carbocycles. The van der Waals surface area contributed by atoms with E-state index in [1.807, 2.05) is 6.92 Å². The number of carbonyl (C=O) groups is 3. The molecule has 0 aliphatic heterocycles. The van der Waals surface area contributed by atoms with Gasteiger partial charge in [0, 0.05) is 12.6 Å². The first-order chi connectivity index (χ1) is 19.6. The summed E-state index contributed by atoms with van der Waals surface area (Å²) in [7, 11) is 0. The van der Waals surface area contributed by atoms with Gasteiger partial charge in [0.2, 0.25) is 11.7 Å². The van der Waals surface area contributed by atoms with Crippen LogP contribution < -0.4 is 15.4 Å². The highest BCUT2D eigenvalue weighted by atomic mass is 32.1. The molecule has 1 unspecified atom stereocenters. The molecule has 0 radical (unpaired) electrons. The quantitative estimate of drug-likeness (QED) is 0.150. The van der Waals surface area contributed by atoms with E-state index in [1.54, 1.807) is 13.8 Å². The number of carbonyl (C=O) groups excluding carboxylic acids is 2. The smallest absolute Gasteiger partial charge is 0.306 e. The molecule has 3 N–H and O–H groups in total. The highest BCUT2D eigenvalue weighted by molar-refractivity contribution is 7.80. The van der Waals surface area contributed by atoms with E-state index in [2.05, 4.69) is 35.3 Å². The van der Waals surface area contributed by atoms with Gasteiger partial charge in [0.05, 0.1) is 17.4 Å². The molecule has 1 heterocycles. The van der Waals surface area contributed by atoms with Gasteiger partial charge < -0.3 is 25.0 Å².